The standard InChI is InChI=1S/C12H20N4OS/c1-2-16(10-3-4-10)6-5-14-11(17)7-9-8-18-12(13)15-9/h8,10H,2-7H2,1H3,(H2,13,15)(H,14,17). The van der Waals surface area contributed by atoms with Gasteiger partial charge < -0.3 is 11.1 Å². The van der Waals surface area contributed by atoms with Gasteiger partial charge in [-0.3, -0.25) is 9.69 Å². The van der Waals surface area contributed by atoms with Gasteiger partial charge in [-0.2, -0.15) is 0 Å². The van der Waals surface area contributed by atoms with Crippen LogP contribution in [0.1, 0.15) is 25.5 Å². The van der Waals surface area contributed by atoms with E-state index in [2.05, 4.69) is 22.1 Å². The van der Waals surface area contributed by atoms with Crippen LogP contribution in [-0.4, -0.2) is 41.5 Å². The molecular formula is C12H20N4OS. The molecule has 100 valence electrons. The van der Waals surface area contributed by atoms with E-state index in [4.69, 9.17) is 5.73 Å². The molecule has 1 aliphatic carbocycles. The van der Waals surface area contributed by atoms with E-state index >= 15 is 0 Å². The van der Waals surface area contributed by atoms with Crippen molar-refractivity contribution in [1.82, 2.24) is 15.2 Å². The highest BCUT2D eigenvalue weighted by atomic mass is 32.1. The van der Waals surface area contributed by atoms with Crippen LogP contribution in [0, 0.1) is 0 Å². The molecule has 0 aliphatic heterocycles. The second-order valence-corrected chi connectivity index (χ2v) is 5.45. The van der Waals surface area contributed by atoms with Gasteiger partial charge >= 0.3 is 0 Å². The van der Waals surface area contributed by atoms with E-state index in [1.165, 1.54) is 24.2 Å². The molecule has 0 atom stereocenters. The van der Waals surface area contributed by atoms with Crippen molar-refractivity contribution in [3.63, 3.8) is 0 Å². The molecule has 0 spiro atoms. The number of nitrogen functional groups attached to an aromatic ring is 1. The van der Waals surface area contributed by atoms with Crippen LogP contribution in [0.25, 0.3) is 0 Å². The Morgan fingerprint density at radius 2 is 2.44 bits per heavy atom. The van der Waals surface area contributed by atoms with Crippen molar-refractivity contribution >= 4 is 22.4 Å². The normalized spacial score (nSPS) is 15.0. The number of carbonyl (C=O) groups is 1. The molecule has 1 aromatic heterocycles. The van der Waals surface area contributed by atoms with Crippen molar-refractivity contribution in [2.24, 2.45) is 0 Å². The minimum absolute atomic E-state index is 0.0205. The molecule has 1 aromatic rings. The van der Waals surface area contributed by atoms with Gasteiger partial charge in [-0.15, -0.1) is 11.3 Å². The minimum Gasteiger partial charge on any atom is -0.375 e. The second kappa shape index (κ2) is 6.15. The quantitative estimate of drug-likeness (QED) is 0.769. The van der Waals surface area contributed by atoms with Crippen molar-refractivity contribution in [2.75, 3.05) is 25.4 Å². The van der Waals surface area contributed by atoms with E-state index in [9.17, 15) is 4.79 Å². The monoisotopic (exact) mass is 268 g/mol. The summed E-state index contributed by atoms with van der Waals surface area (Å²) in [6, 6.07) is 0.755. The number of nitrogens with one attached hydrogen (secondary N) is 1. The SMILES string of the molecule is CCN(CCNC(=O)Cc1csc(N)n1)C1CC1. The van der Waals surface area contributed by atoms with E-state index in [1.807, 2.05) is 5.38 Å². The summed E-state index contributed by atoms with van der Waals surface area (Å²) in [6.07, 6.45) is 2.93. The molecule has 1 fully saturated rings. The number of rotatable bonds is 7. The summed E-state index contributed by atoms with van der Waals surface area (Å²) >= 11 is 1.37. The molecular weight excluding hydrogens is 248 g/mol. The molecule has 18 heavy (non-hydrogen) atoms. The van der Waals surface area contributed by atoms with Crippen molar-refractivity contribution in [1.29, 1.82) is 0 Å². The molecule has 6 heteroatoms. The first kappa shape index (κ1) is 13.3. The molecule has 1 saturated carbocycles. The molecule has 0 bridgehead atoms. The molecule has 5 nitrogen and oxygen atoms in total. The fourth-order valence-corrected chi connectivity index (χ4v) is 2.57. The number of nitrogens with two attached hydrogens (primary N) is 1. The number of thiazole rings is 1. The predicted molar refractivity (Wildman–Crippen MR) is 73.5 cm³/mol. The fourth-order valence-electron chi connectivity index (χ4n) is 2.01. The third-order valence-corrected chi connectivity index (χ3v) is 3.82. The van der Waals surface area contributed by atoms with Crippen molar-refractivity contribution in [3.8, 4) is 0 Å². The Morgan fingerprint density at radius 3 is 3.00 bits per heavy atom. The number of hydrogen-bond acceptors (Lipinski definition) is 5. The van der Waals surface area contributed by atoms with Crippen LogP contribution in [0.2, 0.25) is 0 Å². The molecule has 1 heterocycles. The lowest BCUT2D eigenvalue weighted by atomic mass is 10.3. The maximum Gasteiger partial charge on any atom is 0.226 e. The molecule has 1 amide bonds. The van der Waals surface area contributed by atoms with E-state index in [1.54, 1.807) is 0 Å². The smallest absolute Gasteiger partial charge is 0.226 e. The Hall–Kier alpha value is -1.14. The number of nitrogens with zero attached hydrogens (tertiary/aromatic N) is 2. The Labute approximate surface area is 111 Å². The lowest BCUT2D eigenvalue weighted by molar-refractivity contribution is -0.120. The second-order valence-electron chi connectivity index (χ2n) is 4.56. The summed E-state index contributed by atoms with van der Waals surface area (Å²) in [7, 11) is 0. The first-order valence-corrected chi connectivity index (χ1v) is 7.27. The van der Waals surface area contributed by atoms with E-state index in [0.29, 0.717) is 18.1 Å². The van der Waals surface area contributed by atoms with E-state index < -0.39 is 0 Å². The Morgan fingerprint density at radius 1 is 1.67 bits per heavy atom. The highest BCUT2D eigenvalue weighted by molar-refractivity contribution is 7.13. The lowest BCUT2D eigenvalue weighted by Crippen LogP contribution is -2.36. The average molecular weight is 268 g/mol. The number of anilines is 1. The fraction of sp³-hybridized carbons (Fsp3) is 0.667. The van der Waals surface area contributed by atoms with Gasteiger partial charge in [0.05, 0.1) is 12.1 Å². The lowest BCUT2D eigenvalue weighted by Gasteiger charge is -2.19. The average Bonchev–Trinajstić information content (AvgIpc) is 3.09. The number of carbonyl (C=O) groups excluding carboxylic acids is 1. The number of aromatic nitrogens is 1. The van der Waals surface area contributed by atoms with Gasteiger partial charge in [0.2, 0.25) is 5.91 Å². The summed E-state index contributed by atoms with van der Waals surface area (Å²) < 4.78 is 0. The summed E-state index contributed by atoms with van der Waals surface area (Å²) in [6.45, 7) is 4.87. The number of hydrogen-bond donors (Lipinski definition) is 2. The molecule has 0 radical (unpaired) electrons. The van der Waals surface area contributed by atoms with Crippen LogP contribution in [0.4, 0.5) is 5.13 Å². The van der Waals surface area contributed by atoms with E-state index in [-0.39, 0.29) is 5.91 Å². The van der Waals surface area contributed by atoms with Crippen LogP contribution in [0.3, 0.4) is 0 Å². The Bertz CT molecular complexity index is 403. The maximum atomic E-state index is 11.7. The van der Waals surface area contributed by atoms with Gasteiger partial charge in [0.15, 0.2) is 5.13 Å². The van der Waals surface area contributed by atoms with Gasteiger partial charge in [0, 0.05) is 24.5 Å². The predicted octanol–water partition coefficient (Wildman–Crippen LogP) is 0.868. The zero-order valence-electron chi connectivity index (χ0n) is 10.7. The third kappa shape index (κ3) is 3.96. The Kier molecular flexibility index (Phi) is 4.54. The van der Waals surface area contributed by atoms with Crippen molar-refractivity contribution < 1.29 is 4.79 Å². The summed E-state index contributed by atoms with van der Waals surface area (Å²) in [5.74, 6) is 0.0205. The Balaban J connectivity index is 1.65. The topological polar surface area (TPSA) is 71.2 Å². The van der Waals surface area contributed by atoms with Gasteiger partial charge in [0.1, 0.15) is 0 Å². The molecule has 1 aliphatic rings. The molecule has 0 unspecified atom stereocenters. The zero-order chi connectivity index (χ0) is 13.0. The van der Waals surface area contributed by atoms with Crippen LogP contribution in [0.15, 0.2) is 5.38 Å². The van der Waals surface area contributed by atoms with Crippen molar-refractivity contribution in [3.05, 3.63) is 11.1 Å². The highest BCUT2D eigenvalue weighted by Crippen LogP contribution is 2.25. The molecule has 0 saturated heterocycles. The van der Waals surface area contributed by atoms with E-state index in [0.717, 1.165) is 24.8 Å². The van der Waals surface area contributed by atoms with Crippen LogP contribution < -0.4 is 11.1 Å². The summed E-state index contributed by atoms with van der Waals surface area (Å²) in [5.41, 5.74) is 6.28. The van der Waals surface area contributed by atoms with Crippen molar-refractivity contribution in [2.45, 2.75) is 32.2 Å². The largest absolute Gasteiger partial charge is 0.375 e. The highest BCUT2D eigenvalue weighted by Gasteiger charge is 2.27. The third-order valence-electron chi connectivity index (χ3n) is 3.10. The first-order chi connectivity index (χ1) is 8.69. The summed E-state index contributed by atoms with van der Waals surface area (Å²) in [5, 5.41) is 5.28. The minimum atomic E-state index is 0.0205. The van der Waals surface area contributed by atoms with Gasteiger partial charge in [0.25, 0.3) is 0 Å². The van der Waals surface area contributed by atoms with Gasteiger partial charge in [-0.05, 0) is 19.4 Å². The number of amides is 1. The summed E-state index contributed by atoms with van der Waals surface area (Å²) in [4.78, 5) is 18.2. The van der Waals surface area contributed by atoms with Crippen LogP contribution in [-0.2, 0) is 11.2 Å². The molecule has 2 rings (SSSR count). The van der Waals surface area contributed by atoms with Crippen LogP contribution >= 0.6 is 11.3 Å². The van der Waals surface area contributed by atoms with Gasteiger partial charge in [-0.25, -0.2) is 4.98 Å². The van der Waals surface area contributed by atoms with Gasteiger partial charge in [-0.1, -0.05) is 6.92 Å². The molecule has 3 N–H and O–H groups in total. The molecule has 0 aromatic carbocycles. The maximum absolute atomic E-state index is 11.7. The van der Waals surface area contributed by atoms with Crippen LogP contribution in [0.5, 0.6) is 0 Å². The zero-order valence-corrected chi connectivity index (χ0v) is 11.5. The first-order valence-electron chi connectivity index (χ1n) is 6.39. The number of likely N-dealkylation sites (N-methyl/N-ethyl adjacent to an activating group) is 1.